The van der Waals surface area contributed by atoms with Gasteiger partial charge in [-0.1, -0.05) is 48.0 Å². The maximum absolute atomic E-state index is 12.8. The first-order valence-corrected chi connectivity index (χ1v) is 9.26. The van der Waals surface area contributed by atoms with Crippen molar-refractivity contribution in [2.75, 3.05) is 4.90 Å². The second-order valence-electron chi connectivity index (χ2n) is 6.60. The molecule has 5 heteroatoms. The molecule has 0 saturated carbocycles. The van der Waals surface area contributed by atoms with Crippen molar-refractivity contribution < 1.29 is 9.59 Å². The normalized spacial score (nSPS) is 14.2. The van der Waals surface area contributed by atoms with Crippen molar-refractivity contribution in [3.63, 3.8) is 0 Å². The van der Waals surface area contributed by atoms with Crippen LogP contribution in [0.1, 0.15) is 38.8 Å². The third kappa shape index (κ3) is 3.47. The molecule has 0 aliphatic carbocycles. The number of amidine groups is 1. The van der Waals surface area contributed by atoms with Crippen LogP contribution in [0.4, 0.5) is 5.69 Å². The second kappa shape index (κ2) is 7.41. The van der Waals surface area contributed by atoms with Gasteiger partial charge in [-0.15, -0.1) is 0 Å². The zero-order valence-corrected chi connectivity index (χ0v) is 16.0. The molecule has 0 N–H and O–H groups in total. The van der Waals surface area contributed by atoms with Crippen molar-refractivity contribution >= 4 is 34.8 Å². The first-order chi connectivity index (χ1) is 13.5. The standard InChI is InChI=1S/C23H17ClN2O2/c1-15(27)17-6-4-7-20(13-17)26-14-18-5-2-3-8-21(18)22(26)25-23(28)16-9-11-19(24)12-10-16/h2-13H,14H2,1H3. The van der Waals surface area contributed by atoms with Crippen molar-refractivity contribution in [1.82, 2.24) is 0 Å². The molecule has 1 aliphatic heterocycles. The van der Waals surface area contributed by atoms with Crippen molar-refractivity contribution in [3.8, 4) is 0 Å². The number of carbonyl (C=O) groups is 2. The Kier molecular flexibility index (Phi) is 4.80. The van der Waals surface area contributed by atoms with Crippen LogP contribution in [0, 0.1) is 0 Å². The summed E-state index contributed by atoms with van der Waals surface area (Å²) in [4.78, 5) is 30.9. The predicted molar refractivity (Wildman–Crippen MR) is 111 cm³/mol. The van der Waals surface area contributed by atoms with Crippen molar-refractivity contribution in [2.24, 2.45) is 4.99 Å². The Labute approximate surface area is 168 Å². The molecule has 28 heavy (non-hydrogen) atoms. The second-order valence-corrected chi connectivity index (χ2v) is 7.03. The third-order valence-electron chi connectivity index (χ3n) is 4.71. The number of halogens is 1. The minimum atomic E-state index is -0.337. The first-order valence-electron chi connectivity index (χ1n) is 8.88. The Morgan fingerprint density at radius 2 is 1.68 bits per heavy atom. The lowest BCUT2D eigenvalue weighted by molar-refractivity contribution is 0.0998. The van der Waals surface area contributed by atoms with E-state index in [0.717, 1.165) is 16.8 Å². The highest BCUT2D eigenvalue weighted by Gasteiger charge is 2.27. The lowest BCUT2D eigenvalue weighted by atomic mass is 10.1. The zero-order chi connectivity index (χ0) is 19.7. The van der Waals surface area contributed by atoms with Gasteiger partial charge in [0, 0.05) is 27.4 Å². The van der Waals surface area contributed by atoms with Crippen molar-refractivity contribution in [3.05, 3.63) is 100 Å². The monoisotopic (exact) mass is 388 g/mol. The van der Waals surface area contributed by atoms with E-state index < -0.39 is 0 Å². The maximum Gasteiger partial charge on any atom is 0.278 e. The van der Waals surface area contributed by atoms with Gasteiger partial charge >= 0.3 is 0 Å². The highest BCUT2D eigenvalue weighted by Crippen LogP contribution is 2.30. The molecule has 0 fully saturated rings. The molecule has 1 heterocycles. The van der Waals surface area contributed by atoms with Gasteiger partial charge in [-0.05, 0) is 48.9 Å². The fourth-order valence-corrected chi connectivity index (χ4v) is 3.37. The molecular formula is C23H17ClN2O2. The number of amides is 1. The molecule has 0 spiro atoms. The first kappa shape index (κ1) is 18.1. The molecule has 0 unspecified atom stereocenters. The van der Waals surface area contributed by atoms with E-state index in [4.69, 9.17) is 11.6 Å². The van der Waals surface area contributed by atoms with Crippen LogP contribution in [0.5, 0.6) is 0 Å². The number of rotatable bonds is 3. The summed E-state index contributed by atoms with van der Waals surface area (Å²) < 4.78 is 0. The Balaban J connectivity index is 1.78. The molecule has 0 bridgehead atoms. The zero-order valence-electron chi connectivity index (χ0n) is 15.2. The van der Waals surface area contributed by atoms with Gasteiger partial charge in [0.2, 0.25) is 0 Å². The van der Waals surface area contributed by atoms with Crippen LogP contribution in [-0.2, 0) is 6.54 Å². The summed E-state index contributed by atoms with van der Waals surface area (Å²) in [5.74, 6) is 0.238. The van der Waals surface area contributed by atoms with E-state index in [1.165, 1.54) is 6.92 Å². The summed E-state index contributed by atoms with van der Waals surface area (Å²) in [6.45, 7) is 2.13. The van der Waals surface area contributed by atoms with Crippen LogP contribution in [0.25, 0.3) is 0 Å². The number of hydrogen-bond donors (Lipinski definition) is 0. The molecule has 0 atom stereocenters. The van der Waals surface area contributed by atoms with Crippen LogP contribution >= 0.6 is 11.6 Å². The molecule has 0 aromatic heterocycles. The smallest absolute Gasteiger partial charge is 0.278 e. The Morgan fingerprint density at radius 3 is 2.43 bits per heavy atom. The van der Waals surface area contributed by atoms with Gasteiger partial charge < -0.3 is 4.90 Å². The highest BCUT2D eigenvalue weighted by molar-refractivity contribution is 6.30. The van der Waals surface area contributed by atoms with Crippen LogP contribution in [0.2, 0.25) is 5.02 Å². The van der Waals surface area contributed by atoms with Crippen LogP contribution in [0.3, 0.4) is 0 Å². The van der Waals surface area contributed by atoms with Gasteiger partial charge in [0.05, 0.1) is 6.54 Å². The minimum Gasteiger partial charge on any atom is -0.321 e. The van der Waals surface area contributed by atoms with Gasteiger partial charge in [0.1, 0.15) is 5.84 Å². The number of anilines is 1. The lowest BCUT2D eigenvalue weighted by Gasteiger charge is -2.19. The van der Waals surface area contributed by atoms with E-state index in [0.29, 0.717) is 28.5 Å². The summed E-state index contributed by atoms with van der Waals surface area (Å²) in [6.07, 6.45) is 0. The summed E-state index contributed by atoms with van der Waals surface area (Å²) in [7, 11) is 0. The van der Waals surface area contributed by atoms with E-state index in [9.17, 15) is 9.59 Å². The topological polar surface area (TPSA) is 49.7 Å². The summed E-state index contributed by atoms with van der Waals surface area (Å²) >= 11 is 5.91. The molecule has 0 radical (unpaired) electrons. The Bertz CT molecular complexity index is 1100. The highest BCUT2D eigenvalue weighted by atomic mass is 35.5. The Morgan fingerprint density at radius 1 is 0.929 bits per heavy atom. The predicted octanol–water partition coefficient (Wildman–Crippen LogP) is 5.15. The minimum absolute atomic E-state index is 0.00529. The van der Waals surface area contributed by atoms with E-state index in [1.807, 2.05) is 47.4 Å². The van der Waals surface area contributed by atoms with E-state index in [2.05, 4.69) is 4.99 Å². The van der Waals surface area contributed by atoms with Gasteiger partial charge in [-0.2, -0.15) is 4.99 Å². The fourth-order valence-electron chi connectivity index (χ4n) is 3.25. The molecule has 1 aliphatic rings. The largest absolute Gasteiger partial charge is 0.321 e. The number of ketones is 1. The molecule has 138 valence electrons. The van der Waals surface area contributed by atoms with Crippen LogP contribution < -0.4 is 4.90 Å². The summed E-state index contributed by atoms with van der Waals surface area (Å²) in [6, 6.07) is 21.9. The number of hydrogen-bond acceptors (Lipinski definition) is 2. The number of carbonyl (C=O) groups excluding carboxylic acids is 2. The number of nitrogens with zero attached hydrogens (tertiary/aromatic N) is 2. The number of fused-ring (bicyclic) bond motifs is 1. The van der Waals surface area contributed by atoms with Crippen LogP contribution in [0.15, 0.2) is 77.8 Å². The lowest BCUT2D eigenvalue weighted by Crippen LogP contribution is -2.25. The number of benzene rings is 3. The average molecular weight is 389 g/mol. The average Bonchev–Trinajstić information content (AvgIpc) is 3.07. The van der Waals surface area contributed by atoms with Crippen molar-refractivity contribution in [1.29, 1.82) is 0 Å². The van der Waals surface area contributed by atoms with Gasteiger partial charge in [0.15, 0.2) is 5.78 Å². The fraction of sp³-hybridized carbons (Fsp3) is 0.0870. The van der Waals surface area contributed by atoms with E-state index in [1.54, 1.807) is 30.3 Å². The number of aliphatic imine (C=N–C) groups is 1. The van der Waals surface area contributed by atoms with E-state index >= 15 is 0 Å². The number of Topliss-reactive ketones (excluding diaryl/α,β-unsaturated/α-hetero) is 1. The summed E-state index contributed by atoms with van der Waals surface area (Å²) in [5.41, 5.74) is 3.92. The Hall–Kier alpha value is -3.24. The molecular weight excluding hydrogens is 372 g/mol. The van der Waals surface area contributed by atoms with E-state index in [-0.39, 0.29) is 11.7 Å². The third-order valence-corrected chi connectivity index (χ3v) is 4.96. The van der Waals surface area contributed by atoms with Gasteiger partial charge in [0.25, 0.3) is 5.91 Å². The molecule has 3 aromatic rings. The molecule has 4 rings (SSSR count). The summed E-state index contributed by atoms with van der Waals surface area (Å²) in [5, 5.41) is 0.568. The van der Waals surface area contributed by atoms with Crippen LogP contribution in [-0.4, -0.2) is 17.5 Å². The van der Waals surface area contributed by atoms with Gasteiger partial charge in [-0.25, -0.2) is 0 Å². The van der Waals surface area contributed by atoms with Gasteiger partial charge in [-0.3, -0.25) is 9.59 Å². The molecule has 3 aromatic carbocycles. The molecule has 1 amide bonds. The quantitative estimate of drug-likeness (QED) is 0.583. The van der Waals surface area contributed by atoms with Crippen molar-refractivity contribution in [2.45, 2.75) is 13.5 Å². The molecule has 0 saturated heterocycles. The SMILES string of the molecule is CC(=O)c1cccc(N2Cc3ccccc3C2=NC(=O)c2ccc(Cl)cc2)c1. The maximum atomic E-state index is 12.8. The molecule has 4 nitrogen and oxygen atoms in total.